The predicted octanol–water partition coefficient (Wildman–Crippen LogP) is 1.96. The molecule has 0 aromatic heterocycles. The van der Waals surface area contributed by atoms with Crippen LogP contribution >= 0.6 is 12.4 Å². The van der Waals surface area contributed by atoms with Crippen molar-refractivity contribution in [2.24, 2.45) is 17.6 Å². The third-order valence-corrected chi connectivity index (χ3v) is 3.05. The molecule has 1 amide bonds. The fourth-order valence-corrected chi connectivity index (χ4v) is 1.56. The van der Waals surface area contributed by atoms with Crippen LogP contribution in [-0.4, -0.2) is 31.2 Å². The number of carbonyl (C=O) groups excluding carboxylic acids is 1. The summed E-state index contributed by atoms with van der Waals surface area (Å²) < 4.78 is 5.62. The number of carbonyl (C=O) groups is 1. The van der Waals surface area contributed by atoms with Crippen LogP contribution < -0.4 is 11.1 Å². The molecular formula is C13H29ClN2O2. The molecule has 0 saturated heterocycles. The van der Waals surface area contributed by atoms with Gasteiger partial charge >= 0.3 is 0 Å². The molecule has 4 nitrogen and oxygen atoms in total. The van der Waals surface area contributed by atoms with E-state index in [2.05, 4.69) is 19.2 Å². The zero-order chi connectivity index (χ0) is 13.4. The molecule has 3 unspecified atom stereocenters. The van der Waals surface area contributed by atoms with Gasteiger partial charge in [0.25, 0.3) is 0 Å². The van der Waals surface area contributed by atoms with Gasteiger partial charge in [0.2, 0.25) is 5.91 Å². The molecule has 0 rings (SSSR count). The zero-order valence-corrected chi connectivity index (χ0v) is 13.0. The second kappa shape index (κ2) is 10.6. The van der Waals surface area contributed by atoms with Crippen molar-refractivity contribution in [2.45, 2.75) is 53.2 Å². The van der Waals surface area contributed by atoms with Crippen molar-refractivity contribution < 1.29 is 9.53 Å². The summed E-state index contributed by atoms with van der Waals surface area (Å²) in [6.45, 7) is 11.3. The second-order valence-corrected chi connectivity index (χ2v) is 4.97. The van der Waals surface area contributed by atoms with Gasteiger partial charge in [-0.15, -0.1) is 12.4 Å². The van der Waals surface area contributed by atoms with Crippen LogP contribution in [-0.2, 0) is 9.53 Å². The first-order valence-corrected chi connectivity index (χ1v) is 6.55. The van der Waals surface area contributed by atoms with Gasteiger partial charge in [0.15, 0.2) is 0 Å². The topological polar surface area (TPSA) is 64.3 Å². The molecule has 0 radical (unpaired) electrons. The predicted molar refractivity (Wildman–Crippen MR) is 77.9 cm³/mol. The monoisotopic (exact) mass is 280 g/mol. The van der Waals surface area contributed by atoms with E-state index in [0.717, 1.165) is 6.42 Å². The average Bonchev–Trinajstić information content (AvgIpc) is 2.26. The van der Waals surface area contributed by atoms with Crippen LogP contribution in [0.25, 0.3) is 0 Å². The van der Waals surface area contributed by atoms with Crippen LogP contribution in [0.5, 0.6) is 0 Å². The van der Waals surface area contributed by atoms with Crippen LogP contribution in [0.2, 0.25) is 0 Å². The lowest BCUT2D eigenvalue weighted by Gasteiger charge is -2.22. The third kappa shape index (κ3) is 7.90. The van der Waals surface area contributed by atoms with Gasteiger partial charge in [0.1, 0.15) is 0 Å². The van der Waals surface area contributed by atoms with Crippen LogP contribution in [0.4, 0.5) is 0 Å². The van der Waals surface area contributed by atoms with Crippen LogP contribution in [0.1, 0.15) is 41.0 Å². The first-order chi connectivity index (χ1) is 7.90. The van der Waals surface area contributed by atoms with Crippen LogP contribution in [0.3, 0.4) is 0 Å². The summed E-state index contributed by atoms with van der Waals surface area (Å²) in [5.74, 6) is 0.358. The number of hydrogen-bond acceptors (Lipinski definition) is 3. The third-order valence-electron chi connectivity index (χ3n) is 3.05. The summed E-state index contributed by atoms with van der Waals surface area (Å²) in [6, 6.07) is -0.109. The smallest absolute Gasteiger partial charge is 0.224 e. The Morgan fingerprint density at radius 2 is 1.83 bits per heavy atom. The maximum absolute atomic E-state index is 11.7. The standard InChI is InChI=1S/C13H28N2O2.ClH/c1-6-17-12(9(2)3)7-8-15-13(16)10(4)11(5)14;/h9-12H,6-8,14H2,1-5H3,(H,15,16);1H. The Kier molecular flexibility index (Phi) is 11.8. The SMILES string of the molecule is CCOC(CCNC(=O)C(C)C(C)N)C(C)C.Cl. The Morgan fingerprint density at radius 1 is 1.28 bits per heavy atom. The molecule has 0 aromatic rings. The Morgan fingerprint density at radius 3 is 2.22 bits per heavy atom. The van der Waals surface area contributed by atoms with Gasteiger partial charge in [0, 0.05) is 25.1 Å². The molecule has 110 valence electrons. The molecule has 5 heteroatoms. The van der Waals surface area contributed by atoms with E-state index in [1.807, 2.05) is 20.8 Å². The van der Waals surface area contributed by atoms with Gasteiger partial charge in [-0.25, -0.2) is 0 Å². The van der Waals surface area contributed by atoms with Gasteiger partial charge in [-0.1, -0.05) is 20.8 Å². The Labute approximate surface area is 117 Å². The minimum absolute atomic E-state index is 0. The largest absolute Gasteiger partial charge is 0.378 e. The molecule has 0 fully saturated rings. The summed E-state index contributed by atoms with van der Waals surface area (Å²) in [7, 11) is 0. The number of ether oxygens (including phenoxy) is 1. The lowest BCUT2D eigenvalue weighted by atomic mass is 10.0. The molecule has 18 heavy (non-hydrogen) atoms. The van der Waals surface area contributed by atoms with Crippen molar-refractivity contribution in [2.75, 3.05) is 13.2 Å². The first kappa shape index (κ1) is 20.0. The summed E-state index contributed by atoms with van der Waals surface area (Å²) in [5, 5.41) is 2.91. The lowest BCUT2D eigenvalue weighted by Crippen LogP contribution is -2.40. The highest BCUT2D eigenvalue weighted by Gasteiger charge is 2.18. The highest BCUT2D eigenvalue weighted by atomic mass is 35.5. The quantitative estimate of drug-likeness (QED) is 0.714. The molecule has 0 aliphatic carbocycles. The van der Waals surface area contributed by atoms with E-state index in [4.69, 9.17) is 10.5 Å². The summed E-state index contributed by atoms with van der Waals surface area (Å²) in [5.41, 5.74) is 5.68. The van der Waals surface area contributed by atoms with Crippen molar-refractivity contribution in [1.29, 1.82) is 0 Å². The summed E-state index contributed by atoms with van der Waals surface area (Å²) in [4.78, 5) is 11.7. The van der Waals surface area contributed by atoms with Crippen molar-refractivity contribution >= 4 is 18.3 Å². The highest BCUT2D eigenvalue weighted by molar-refractivity contribution is 5.85. The molecule has 0 bridgehead atoms. The lowest BCUT2D eigenvalue weighted by molar-refractivity contribution is -0.125. The fourth-order valence-electron chi connectivity index (χ4n) is 1.56. The van der Waals surface area contributed by atoms with Gasteiger partial charge in [-0.05, 0) is 26.2 Å². The van der Waals surface area contributed by atoms with Crippen molar-refractivity contribution in [3.63, 3.8) is 0 Å². The van der Waals surface area contributed by atoms with Gasteiger partial charge in [-0.3, -0.25) is 4.79 Å². The first-order valence-electron chi connectivity index (χ1n) is 6.55. The average molecular weight is 281 g/mol. The number of hydrogen-bond donors (Lipinski definition) is 2. The number of halogens is 1. The van der Waals surface area contributed by atoms with E-state index in [9.17, 15) is 4.79 Å². The van der Waals surface area contributed by atoms with E-state index in [-0.39, 0.29) is 36.4 Å². The molecule has 0 aromatic carbocycles. The molecule has 0 saturated carbocycles. The number of nitrogens with two attached hydrogens (primary N) is 1. The molecule has 3 atom stereocenters. The van der Waals surface area contributed by atoms with Crippen LogP contribution in [0.15, 0.2) is 0 Å². The van der Waals surface area contributed by atoms with Crippen molar-refractivity contribution in [3.8, 4) is 0 Å². The maximum atomic E-state index is 11.7. The highest BCUT2D eigenvalue weighted by Crippen LogP contribution is 2.10. The van der Waals surface area contributed by atoms with E-state index in [1.165, 1.54) is 0 Å². The zero-order valence-electron chi connectivity index (χ0n) is 12.2. The second-order valence-electron chi connectivity index (χ2n) is 4.97. The van der Waals surface area contributed by atoms with Gasteiger partial charge in [0.05, 0.1) is 6.10 Å². The van der Waals surface area contributed by atoms with Crippen LogP contribution in [0, 0.1) is 11.8 Å². The maximum Gasteiger partial charge on any atom is 0.224 e. The summed E-state index contributed by atoms with van der Waals surface area (Å²) in [6.07, 6.45) is 1.06. The number of amides is 1. The fraction of sp³-hybridized carbons (Fsp3) is 0.923. The van der Waals surface area contributed by atoms with Gasteiger partial charge < -0.3 is 15.8 Å². The normalized spacial score (nSPS) is 15.7. The van der Waals surface area contributed by atoms with E-state index in [0.29, 0.717) is 19.1 Å². The molecular weight excluding hydrogens is 252 g/mol. The van der Waals surface area contributed by atoms with E-state index >= 15 is 0 Å². The number of rotatable bonds is 8. The van der Waals surface area contributed by atoms with E-state index in [1.54, 1.807) is 0 Å². The van der Waals surface area contributed by atoms with E-state index < -0.39 is 0 Å². The Hall–Kier alpha value is -0.320. The minimum Gasteiger partial charge on any atom is -0.378 e. The van der Waals surface area contributed by atoms with Gasteiger partial charge in [-0.2, -0.15) is 0 Å². The Balaban J connectivity index is 0. The molecule has 0 spiro atoms. The molecule has 0 aliphatic rings. The minimum atomic E-state index is -0.139. The molecule has 0 aliphatic heterocycles. The Bertz CT molecular complexity index is 223. The van der Waals surface area contributed by atoms with Crippen molar-refractivity contribution in [3.05, 3.63) is 0 Å². The van der Waals surface area contributed by atoms with Crippen molar-refractivity contribution in [1.82, 2.24) is 5.32 Å². The number of nitrogens with one attached hydrogen (secondary N) is 1. The summed E-state index contributed by atoms with van der Waals surface area (Å²) >= 11 is 0. The molecule has 3 N–H and O–H groups in total. The molecule has 0 heterocycles.